The van der Waals surface area contributed by atoms with Crippen molar-refractivity contribution in [3.05, 3.63) is 69.8 Å². The van der Waals surface area contributed by atoms with Gasteiger partial charge in [-0.2, -0.15) is 9.61 Å². The number of halogens is 2. The van der Waals surface area contributed by atoms with Gasteiger partial charge in [0, 0.05) is 29.7 Å². The summed E-state index contributed by atoms with van der Waals surface area (Å²) in [5.41, 5.74) is 3.09. The predicted molar refractivity (Wildman–Crippen MR) is 129 cm³/mol. The summed E-state index contributed by atoms with van der Waals surface area (Å²) in [6, 6.07) is 15.0. The number of nitrogens with one attached hydrogen (secondary N) is 2. The maximum Gasteiger partial charge on any atom is 0.231 e. The normalized spacial score (nSPS) is 12.2. The van der Waals surface area contributed by atoms with Gasteiger partial charge in [-0.3, -0.25) is 4.79 Å². The number of hydrogen-bond acceptors (Lipinski definition) is 6. The number of amides is 1. The lowest BCUT2D eigenvalue weighted by atomic mass is 10.1. The fraction of sp³-hybridized carbons (Fsp3) is 0.174. The summed E-state index contributed by atoms with van der Waals surface area (Å²) in [6.07, 6.45) is 1.95. The molecule has 0 radical (unpaired) electrons. The fourth-order valence-corrected chi connectivity index (χ4v) is 4.14. The van der Waals surface area contributed by atoms with Gasteiger partial charge in [0.1, 0.15) is 5.82 Å². The standard InChI is InChI=1S/C23H19BrClN5O3/c24-16-12-28-30-21(11-18(29-23(16)30)15-3-1-2-4-17(15)25)26-7-8-27-22(31)10-14-5-6-19-20(9-14)33-13-32-19/h1-6,9,11-12,26H,7-8,10,13H2,(H,27,31). The van der Waals surface area contributed by atoms with Crippen molar-refractivity contribution in [2.45, 2.75) is 6.42 Å². The minimum atomic E-state index is -0.0749. The van der Waals surface area contributed by atoms with Crippen molar-refractivity contribution in [3.8, 4) is 22.8 Å². The summed E-state index contributed by atoms with van der Waals surface area (Å²) in [5.74, 6) is 2.04. The Morgan fingerprint density at radius 3 is 2.85 bits per heavy atom. The van der Waals surface area contributed by atoms with E-state index in [0.29, 0.717) is 35.3 Å². The van der Waals surface area contributed by atoms with Crippen LogP contribution < -0.4 is 20.1 Å². The van der Waals surface area contributed by atoms with E-state index >= 15 is 0 Å². The van der Waals surface area contributed by atoms with Gasteiger partial charge in [-0.15, -0.1) is 0 Å². The molecule has 8 nitrogen and oxygen atoms in total. The molecule has 0 bridgehead atoms. The number of fused-ring (bicyclic) bond motifs is 2. The van der Waals surface area contributed by atoms with Crippen molar-refractivity contribution in [2.24, 2.45) is 0 Å². The summed E-state index contributed by atoms with van der Waals surface area (Å²) < 4.78 is 13.1. The number of anilines is 1. The highest BCUT2D eigenvalue weighted by Crippen LogP contribution is 2.33. The van der Waals surface area contributed by atoms with Crippen LogP contribution in [0.25, 0.3) is 16.9 Å². The molecule has 33 heavy (non-hydrogen) atoms. The molecule has 168 valence electrons. The van der Waals surface area contributed by atoms with E-state index in [0.717, 1.165) is 27.1 Å². The van der Waals surface area contributed by atoms with Crippen molar-refractivity contribution >= 4 is 44.9 Å². The maximum atomic E-state index is 12.4. The van der Waals surface area contributed by atoms with E-state index in [1.807, 2.05) is 48.5 Å². The van der Waals surface area contributed by atoms with Crippen LogP contribution in [0.5, 0.6) is 11.5 Å². The van der Waals surface area contributed by atoms with Gasteiger partial charge < -0.3 is 20.1 Å². The van der Waals surface area contributed by atoms with Crippen LogP contribution in [0.3, 0.4) is 0 Å². The van der Waals surface area contributed by atoms with E-state index in [-0.39, 0.29) is 19.1 Å². The average Bonchev–Trinajstić information content (AvgIpc) is 3.43. The molecule has 2 aromatic heterocycles. The van der Waals surface area contributed by atoms with Crippen LogP contribution in [0.1, 0.15) is 5.56 Å². The fourth-order valence-electron chi connectivity index (χ4n) is 3.56. The highest BCUT2D eigenvalue weighted by molar-refractivity contribution is 9.10. The second-order valence-electron chi connectivity index (χ2n) is 7.38. The number of carbonyl (C=O) groups excluding carboxylic acids is 1. The highest BCUT2D eigenvalue weighted by Gasteiger charge is 2.15. The number of nitrogens with zero attached hydrogens (tertiary/aromatic N) is 3. The number of hydrogen-bond donors (Lipinski definition) is 2. The predicted octanol–water partition coefficient (Wildman–Crippen LogP) is 4.31. The number of benzene rings is 2. The quantitative estimate of drug-likeness (QED) is 0.348. The van der Waals surface area contributed by atoms with Crippen molar-refractivity contribution in [2.75, 3.05) is 25.2 Å². The van der Waals surface area contributed by atoms with Crippen LogP contribution in [-0.4, -0.2) is 40.4 Å². The Labute approximate surface area is 203 Å². The van der Waals surface area contributed by atoms with E-state index in [1.165, 1.54) is 0 Å². The Morgan fingerprint density at radius 1 is 1.12 bits per heavy atom. The Balaban J connectivity index is 1.24. The van der Waals surface area contributed by atoms with E-state index in [2.05, 4.69) is 31.7 Å². The summed E-state index contributed by atoms with van der Waals surface area (Å²) in [6.45, 7) is 1.16. The molecule has 1 amide bonds. The number of rotatable bonds is 7. The van der Waals surface area contributed by atoms with Crippen LogP contribution in [0, 0.1) is 0 Å². The first kappa shape index (κ1) is 21.5. The highest BCUT2D eigenvalue weighted by atomic mass is 79.9. The first-order valence-electron chi connectivity index (χ1n) is 10.3. The molecule has 10 heteroatoms. The van der Waals surface area contributed by atoms with Gasteiger partial charge in [0.25, 0.3) is 0 Å². The Hall–Kier alpha value is -3.30. The van der Waals surface area contributed by atoms with Crippen LogP contribution in [0.4, 0.5) is 5.82 Å². The van der Waals surface area contributed by atoms with Crippen molar-refractivity contribution < 1.29 is 14.3 Å². The molecule has 4 aromatic rings. The van der Waals surface area contributed by atoms with Gasteiger partial charge in [0.2, 0.25) is 12.7 Å². The Bertz CT molecular complexity index is 1340. The third kappa shape index (κ3) is 4.60. The third-order valence-corrected chi connectivity index (χ3v) is 6.02. The molecule has 1 aliphatic heterocycles. The molecule has 2 aromatic carbocycles. The second-order valence-corrected chi connectivity index (χ2v) is 8.64. The molecule has 0 fully saturated rings. The lowest BCUT2D eigenvalue weighted by Gasteiger charge is -2.12. The molecular formula is C23H19BrClN5O3. The Kier molecular flexibility index (Phi) is 6.06. The zero-order valence-corrected chi connectivity index (χ0v) is 19.7. The monoisotopic (exact) mass is 527 g/mol. The average molecular weight is 529 g/mol. The molecule has 0 saturated carbocycles. The molecule has 2 N–H and O–H groups in total. The topological polar surface area (TPSA) is 89.8 Å². The number of aromatic nitrogens is 3. The lowest BCUT2D eigenvalue weighted by Crippen LogP contribution is -2.30. The van der Waals surface area contributed by atoms with Crippen LogP contribution in [-0.2, 0) is 11.2 Å². The van der Waals surface area contributed by atoms with Crippen LogP contribution in [0.2, 0.25) is 5.02 Å². The zero-order valence-electron chi connectivity index (χ0n) is 17.3. The minimum absolute atomic E-state index is 0.0749. The minimum Gasteiger partial charge on any atom is -0.454 e. The lowest BCUT2D eigenvalue weighted by molar-refractivity contribution is -0.120. The van der Waals surface area contributed by atoms with Crippen molar-refractivity contribution in [1.82, 2.24) is 19.9 Å². The second kappa shape index (κ2) is 9.29. The van der Waals surface area contributed by atoms with Gasteiger partial charge >= 0.3 is 0 Å². The van der Waals surface area contributed by atoms with Gasteiger partial charge in [0.05, 0.1) is 22.8 Å². The molecule has 0 spiro atoms. The molecule has 1 aliphatic rings. The van der Waals surface area contributed by atoms with Crippen LogP contribution in [0.15, 0.2) is 59.2 Å². The van der Waals surface area contributed by atoms with E-state index < -0.39 is 0 Å². The first-order valence-corrected chi connectivity index (χ1v) is 11.4. The smallest absolute Gasteiger partial charge is 0.231 e. The molecule has 5 rings (SSSR count). The molecule has 0 aliphatic carbocycles. The van der Waals surface area contributed by atoms with E-state index in [4.69, 9.17) is 26.1 Å². The Morgan fingerprint density at radius 2 is 1.97 bits per heavy atom. The summed E-state index contributed by atoms with van der Waals surface area (Å²) >= 11 is 9.88. The van der Waals surface area contributed by atoms with Gasteiger partial charge in [-0.05, 0) is 39.7 Å². The summed E-state index contributed by atoms with van der Waals surface area (Å²) in [7, 11) is 0. The van der Waals surface area contributed by atoms with E-state index in [1.54, 1.807) is 10.7 Å². The van der Waals surface area contributed by atoms with Gasteiger partial charge in [-0.1, -0.05) is 35.9 Å². The summed E-state index contributed by atoms with van der Waals surface area (Å²) in [4.78, 5) is 17.1. The summed E-state index contributed by atoms with van der Waals surface area (Å²) in [5, 5.41) is 11.3. The number of ether oxygens (including phenoxy) is 2. The zero-order chi connectivity index (χ0) is 22.8. The molecular weight excluding hydrogens is 510 g/mol. The molecule has 0 saturated heterocycles. The molecule has 0 unspecified atom stereocenters. The SMILES string of the molecule is O=C(Cc1ccc2c(c1)OCO2)NCCNc1cc(-c2ccccc2Cl)nc2c(Br)cnn12. The van der Waals surface area contributed by atoms with E-state index in [9.17, 15) is 4.79 Å². The van der Waals surface area contributed by atoms with Crippen LogP contribution >= 0.6 is 27.5 Å². The van der Waals surface area contributed by atoms with Gasteiger partial charge in [-0.25, -0.2) is 4.98 Å². The van der Waals surface area contributed by atoms with Gasteiger partial charge in [0.15, 0.2) is 17.1 Å². The van der Waals surface area contributed by atoms with Crippen molar-refractivity contribution in [1.29, 1.82) is 0 Å². The largest absolute Gasteiger partial charge is 0.454 e. The third-order valence-electron chi connectivity index (χ3n) is 5.13. The first-order chi connectivity index (χ1) is 16.1. The molecule has 0 atom stereocenters. The number of carbonyl (C=O) groups is 1. The van der Waals surface area contributed by atoms with Crippen molar-refractivity contribution in [3.63, 3.8) is 0 Å². The maximum absolute atomic E-state index is 12.4. The molecule has 3 heterocycles.